The Kier molecular flexibility index (Phi) is 8.10. The van der Waals surface area contributed by atoms with Crippen molar-refractivity contribution in [2.45, 2.75) is 20.0 Å². The van der Waals surface area contributed by atoms with E-state index < -0.39 is 11.7 Å². The van der Waals surface area contributed by atoms with Gasteiger partial charge in [0.25, 0.3) is 0 Å². The fourth-order valence-corrected chi connectivity index (χ4v) is 8.79. The van der Waals surface area contributed by atoms with E-state index in [4.69, 9.17) is 0 Å². The van der Waals surface area contributed by atoms with Gasteiger partial charge in [-0.25, -0.2) is 0 Å². The van der Waals surface area contributed by atoms with Gasteiger partial charge in [0.15, 0.2) is 0 Å². The zero-order valence-electron chi connectivity index (χ0n) is 31.6. The van der Waals surface area contributed by atoms with Crippen LogP contribution in [-0.2, 0) is 6.18 Å². The first-order chi connectivity index (χ1) is 28.2. The number of rotatable bonds is 5. The highest BCUT2D eigenvalue weighted by atomic mass is 19.4. The summed E-state index contributed by atoms with van der Waals surface area (Å²) in [6.07, 6.45) is -4.61. The maximum atomic E-state index is 14.8. The van der Waals surface area contributed by atoms with Crippen LogP contribution in [0.4, 0.5) is 13.2 Å². The van der Waals surface area contributed by atoms with Crippen LogP contribution < -0.4 is 0 Å². The van der Waals surface area contributed by atoms with Crippen LogP contribution >= 0.6 is 0 Å². The number of para-hydroxylation sites is 3. The number of nitriles is 1. The van der Waals surface area contributed by atoms with Gasteiger partial charge in [-0.05, 0) is 108 Å². The zero-order valence-corrected chi connectivity index (χ0v) is 31.6. The molecular formula is C52H34F3N3. The van der Waals surface area contributed by atoms with Gasteiger partial charge in [-0.15, -0.1) is 0 Å². The Morgan fingerprint density at radius 1 is 0.448 bits per heavy atom. The van der Waals surface area contributed by atoms with Crippen molar-refractivity contribution in [3.63, 3.8) is 0 Å². The molecule has 0 saturated carbocycles. The average Bonchev–Trinajstić information content (AvgIpc) is 3.75. The molecule has 2 aromatic heterocycles. The number of benzene rings is 8. The smallest absolute Gasteiger partial charge is 0.309 e. The number of aryl methyl sites for hydroxylation is 2. The molecule has 58 heavy (non-hydrogen) atoms. The summed E-state index contributed by atoms with van der Waals surface area (Å²) in [6.45, 7) is 4.18. The summed E-state index contributed by atoms with van der Waals surface area (Å²) >= 11 is 0. The Hall–Kier alpha value is -7.36. The van der Waals surface area contributed by atoms with Gasteiger partial charge in [-0.2, -0.15) is 18.4 Å². The van der Waals surface area contributed by atoms with Crippen molar-refractivity contribution in [3.05, 3.63) is 192 Å². The lowest BCUT2D eigenvalue weighted by molar-refractivity contribution is -0.137. The summed E-state index contributed by atoms with van der Waals surface area (Å²) in [5.74, 6) is 0. The molecule has 0 spiro atoms. The Balaban J connectivity index is 1.28. The molecule has 2 heterocycles. The van der Waals surface area contributed by atoms with Crippen LogP contribution in [0.3, 0.4) is 0 Å². The van der Waals surface area contributed by atoms with Crippen molar-refractivity contribution in [1.82, 2.24) is 9.13 Å². The summed E-state index contributed by atoms with van der Waals surface area (Å²) in [7, 11) is 0. The van der Waals surface area contributed by atoms with E-state index in [9.17, 15) is 18.4 Å². The lowest BCUT2D eigenvalue weighted by atomic mass is 9.95. The molecule has 3 nitrogen and oxygen atoms in total. The first-order valence-electron chi connectivity index (χ1n) is 19.1. The van der Waals surface area contributed by atoms with Gasteiger partial charge in [0, 0.05) is 32.7 Å². The first kappa shape index (κ1) is 35.1. The largest absolute Gasteiger partial charge is 0.416 e. The first-order valence-corrected chi connectivity index (χ1v) is 19.1. The predicted molar refractivity (Wildman–Crippen MR) is 231 cm³/mol. The van der Waals surface area contributed by atoms with Crippen molar-refractivity contribution in [2.24, 2.45) is 0 Å². The number of nitrogens with zero attached hydrogens (tertiary/aromatic N) is 3. The number of aromatic nitrogens is 2. The van der Waals surface area contributed by atoms with Gasteiger partial charge in [0.05, 0.1) is 44.6 Å². The van der Waals surface area contributed by atoms with E-state index in [-0.39, 0.29) is 0 Å². The van der Waals surface area contributed by atoms with Crippen molar-refractivity contribution in [3.8, 4) is 50.8 Å². The quantitative estimate of drug-likeness (QED) is 0.172. The van der Waals surface area contributed by atoms with Crippen LogP contribution in [0, 0.1) is 25.2 Å². The minimum Gasteiger partial charge on any atom is -0.309 e. The Bertz CT molecular complexity index is 3320. The average molecular weight is 758 g/mol. The van der Waals surface area contributed by atoms with Crippen molar-refractivity contribution >= 4 is 43.6 Å². The molecule has 0 unspecified atom stereocenters. The highest BCUT2D eigenvalue weighted by molar-refractivity contribution is 6.13. The number of fused-ring (bicyclic) bond motifs is 6. The summed E-state index contributed by atoms with van der Waals surface area (Å²) in [4.78, 5) is 0. The Labute approximate surface area is 333 Å². The standard InChI is InChI=1S/C52H34F3N3/c1-32-12-3-5-15-38(32)34-22-25-48-43(28-34)40-17-7-9-20-46(40)57(48)49-27-24-37(52(53,54)55)30-45(49)42-19-11-14-36(31-56)51(42)58-47-21-10-8-18-41(47)44-29-35(23-26-50(44)58)39-16-6-4-13-33(39)2/h3-30H,1-2H3. The summed E-state index contributed by atoms with van der Waals surface area (Å²) in [5, 5.41) is 14.7. The van der Waals surface area contributed by atoms with Crippen LogP contribution in [0.1, 0.15) is 22.3 Å². The molecule has 0 amide bonds. The second kappa shape index (κ2) is 13.4. The summed E-state index contributed by atoms with van der Waals surface area (Å²) < 4.78 is 48.4. The van der Waals surface area contributed by atoms with E-state index in [0.717, 1.165) is 83.1 Å². The fourth-order valence-electron chi connectivity index (χ4n) is 8.79. The van der Waals surface area contributed by atoms with Gasteiger partial charge in [0.2, 0.25) is 0 Å². The normalized spacial score (nSPS) is 11.9. The molecule has 0 bridgehead atoms. The number of hydrogen-bond acceptors (Lipinski definition) is 1. The Morgan fingerprint density at radius 2 is 0.948 bits per heavy atom. The topological polar surface area (TPSA) is 33.6 Å². The molecule has 0 saturated heterocycles. The molecular weight excluding hydrogens is 724 g/mol. The second-order valence-electron chi connectivity index (χ2n) is 14.8. The molecule has 0 fully saturated rings. The molecule has 8 aromatic carbocycles. The zero-order chi connectivity index (χ0) is 39.7. The minimum absolute atomic E-state index is 0.344. The maximum absolute atomic E-state index is 14.8. The maximum Gasteiger partial charge on any atom is 0.416 e. The molecule has 278 valence electrons. The van der Waals surface area contributed by atoms with Crippen molar-refractivity contribution in [2.75, 3.05) is 0 Å². The molecule has 6 heteroatoms. The molecule has 0 aliphatic heterocycles. The van der Waals surface area contributed by atoms with Gasteiger partial charge >= 0.3 is 6.18 Å². The molecule has 0 aliphatic rings. The third-order valence-corrected chi connectivity index (χ3v) is 11.5. The third-order valence-electron chi connectivity index (χ3n) is 11.5. The number of halogens is 3. The molecule has 0 N–H and O–H groups in total. The third kappa shape index (κ3) is 5.50. The highest BCUT2D eigenvalue weighted by Crippen LogP contribution is 2.45. The highest BCUT2D eigenvalue weighted by Gasteiger charge is 2.32. The Morgan fingerprint density at radius 3 is 1.52 bits per heavy atom. The van der Waals surface area contributed by atoms with Crippen LogP contribution in [0.2, 0.25) is 0 Å². The second-order valence-corrected chi connectivity index (χ2v) is 14.8. The van der Waals surface area contributed by atoms with E-state index in [0.29, 0.717) is 28.1 Å². The SMILES string of the molecule is Cc1ccccc1-c1ccc2c(c1)c1ccccc1n2-c1ccc(C(F)(F)F)cc1-c1cccc(C#N)c1-n1c2ccccc2c2cc(-c3ccccc3C)ccc21. The monoisotopic (exact) mass is 757 g/mol. The van der Waals surface area contributed by atoms with Gasteiger partial charge in [-0.1, -0.05) is 109 Å². The fraction of sp³-hybridized carbons (Fsp3) is 0.0577. The van der Waals surface area contributed by atoms with E-state index in [2.05, 4.69) is 97.3 Å². The van der Waals surface area contributed by atoms with Gasteiger partial charge in [0.1, 0.15) is 6.07 Å². The summed E-state index contributed by atoms with van der Waals surface area (Å²) in [6, 6.07) is 56.8. The van der Waals surface area contributed by atoms with Crippen LogP contribution in [0.25, 0.3) is 88.4 Å². The van der Waals surface area contributed by atoms with Crippen LogP contribution in [0.15, 0.2) is 170 Å². The molecule has 0 atom stereocenters. The van der Waals surface area contributed by atoms with E-state index in [1.165, 1.54) is 6.07 Å². The van der Waals surface area contributed by atoms with Crippen molar-refractivity contribution in [1.29, 1.82) is 5.26 Å². The van der Waals surface area contributed by atoms with E-state index >= 15 is 0 Å². The minimum atomic E-state index is -4.61. The summed E-state index contributed by atoms with van der Waals surface area (Å²) in [5.41, 5.74) is 11.6. The van der Waals surface area contributed by atoms with Crippen LogP contribution in [0.5, 0.6) is 0 Å². The van der Waals surface area contributed by atoms with E-state index in [1.807, 2.05) is 71.3 Å². The van der Waals surface area contributed by atoms with Gasteiger partial charge in [-0.3, -0.25) is 0 Å². The number of hydrogen-bond donors (Lipinski definition) is 0. The lowest BCUT2D eigenvalue weighted by Gasteiger charge is -2.21. The number of alkyl halides is 3. The van der Waals surface area contributed by atoms with Crippen molar-refractivity contribution < 1.29 is 13.2 Å². The molecule has 10 aromatic rings. The van der Waals surface area contributed by atoms with Gasteiger partial charge < -0.3 is 9.13 Å². The molecule has 10 rings (SSSR count). The predicted octanol–water partition coefficient (Wildman–Crippen LogP) is 14.4. The van der Waals surface area contributed by atoms with Crippen LogP contribution in [-0.4, -0.2) is 9.13 Å². The molecule has 0 radical (unpaired) electrons. The molecule has 0 aliphatic carbocycles. The van der Waals surface area contributed by atoms with E-state index in [1.54, 1.807) is 18.2 Å². The lowest BCUT2D eigenvalue weighted by Crippen LogP contribution is -2.08.